The number of thioether (sulfide) groups is 1. The van der Waals surface area contributed by atoms with E-state index in [0.717, 1.165) is 6.42 Å². The van der Waals surface area contributed by atoms with E-state index in [1.807, 2.05) is 13.8 Å². The summed E-state index contributed by atoms with van der Waals surface area (Å²) in [7, 11) is 0. The Balaban J connectivity index is 2.58. The van der Waals surface area contributed by atoms with Crippen LogP contribution in [0, 0.1) is 6.92 Å². The molecule has 1 heterocycles. The Morgan fingerprint density at radius 3 is 2.43 bits per heavy atom. The van der Waals surface area contributed by atoms with Crippen molar-refractivity contribution in [3.05, 3.63) is 33.1 Å². The van der Waals surface area contributed by atoms with Gasteiger partial charge in [0.05, 0.1) is 17.1 Å². The summed E-state index contributed by atoms with van der Waals surface area (Å²) in [6.45, 7) is 7.37. The highest BCUT2D eigenvalue weighted by Crippen LogP contribution is 2.38. The minimum Gasteiger partial charge on any atom is -0.460 e. The maximum atomic E-state index is 12.8. The molecule has 1 aromatic heterocycles. The summed E-state index contributed by atoms with van der Waals surface area (Å²) in [6, 6.07) is 0. The highest BCUT2D eigenvalue weighted by molar-refractivity contribution is 8.04. The number of Topliss-reactive ketones (excluding diaryl/α,β-unsaturated/α-hetero) is 2. The quantitative estimate of drug-likeness (QED) is 0.732. The third-order valence-corrected chi connectivity index (χ3v) is 4.59. The van der Waals surface area contributed by atoms with Gasteiger partial charge in [0.25, 0.3) is 0 Å². The van der Waals surface area contributed by atoms with Crippen LogP contribution in [0.5, 0.6) is 0 Å². The second-order valence-corrected chi connectivity index (χ2v) is 6.40. The zero-order valence-corrected chi connectivity index (χ0v) is 14.6. The van der Waals surface area contributed by atoms with Gasteiger partial charge in [-0.3, -0.25) is 9.59 Å². The Morgan fingerprint density at radius 1 is 1.17 bits per heavy atom. The van der Waals surface area contributed by atoms with Crippen LogP contribution < -0.4 is 0 Å². The van der Waals surface area contributed by atoms with Gasteiger partial charge in [-0.25, -0.2) is 4.79 Å². The van der Waals surface area contributed by atoms with E-state index in [1.165, 1.54) is 11.8 Å². The summed E-state index contributed by atoms with van der Waals surface area (Å²) in [5.41, 5.74) is 1.11. The molecule has 0 bridgehead atoms. The third-order valence-electron chi connectivity index (χ3n) is 3.58. The van der Waals surface area contributed by atoms with Crippen molar-refractivity contribution in [1.82, 2.24) is 0 Å². The Hall–Kier alpha value is -1.82. The number of rotatable bonds is 6. The van der Waals surface area contributed by atoms with Crippen molar-refractivity contribution >= 4 is 29.3 Å². The van der Waals surface area contributed by atoms with Crippen LogP contribution in [0.4, 0.5) is 0 Å². The second kappa shape index (κ2) is 7.17. The molecule has 1 aliphatic carbocycles. The summed E-state index contributed by atoms with van der Waals surface area (Å²) in [4.78, 5) is 37.9. The number of furan rings is 1. The first-order chi connectivity index (χ1) is 11.0. The standard InChI is InChI=1S/C17H20O5S/c1-5-8-10-12(18)11-9(4)14(17(20)21-6-2)22-15(11)13(19)16(10)23-7-3/h5-8H2,1-4H3. The molecule has 1 aliphatic rings. The number of ketones is 2. The van der Waals surface area contributed by atoms with E-state index in [2.05, 4.69) is 0 Å². The van der Waals surface area contributed by atoms with Crippen molar-refractivity contribution in [2.24, 2.45) is 0 Å². The molecular weight excluding hydrogens is 316 g/mol. The molecule has 0 aromatic carbocycles. The molecule has 0 unspecified atom stereocenters. The van der Waals surface area contributed by atoms with Gasteiger partial charge >= 0.3 is 5.97 Å². The minimum atomic E-state index is -0.651. The summed E-state index contributed by atoms with van der Waals surface area (Å²) >= 11 is 1.34. The highest BCUT2D eigenvalue weighted by atomic mass is 32.2. The van der Waals surface area contributed by atoms with Crippen molar-refractivity contribution in [1.29, 1.82) is 0 Å². The topological polar surface area (TPSA) is 73.6 Å². The summed E-state index contributed by atoms with van der Waals surface area (Å²) in [5, 5.41) is 0. The SMILES string of the molecule is CCCC1=C(SCC)C(=O)c2oc(C(=O)OCC)c(C)c2C1=O. The van der Waals surface area contributed by atoms with Crippen LogP contribution in [-0.2, 0) is 4.74 Å². The molecule has 0 saturated heterocycles. The van der Waals surface area contributed by atoms with Crippen LogP contribution >= 0.6 is 11.8 Å². The molecule has 0 amide bonds. The van der Waals surface area contributed by atoms with Gasteiger partial charge in [-0.1, -0.05) is 20.3 Å². The zero-order chi connectivity index (χ0) is 17.1. The predicted molar refractivity (Wildman–Crippen MR) is 88.1 cm³/mol. The molecule has 0 atom stereocenters. The zero-order valence-electron chi connectivity index (χ0n) is 13.8. The Morgan fingerprint density at radius 2 is 1.87 bits per heavy atom. The molecule has 0 N–H and O–H groups in total. The number of carbonyl (C=O) groups is 3. The number of fused-ring (bicyclic) bond motifs is 1. The fraction of sp³-hybridized carbons (Fsp3) is 0.471. The molecule has 0 fully saturated rings. The fourth-order valence-electron chi connectivity index (χ4n) is 2.61. The van der Waals surface area contributed by atoms with Crippen LogP contribution in [0.15, 0.2) is 14.9 Å². The largest absolute Gasteiger partial charge is 0.460 e. The number of carbonyl (C=O) groups excluding carboxylic acids is 3. The van der Waals surface area contributed by atoms with E-state index in [4.69, 9.17) is 9.15 Å². The van der Waals surface area contributed by atoms with Crippen LogP contribution in [0.3, 0.4) is 0 Å². The maximum absolute atomic E-state index is 12.8. The molecule has 0 aliphatic heterocycles. The van der Waals surface area contributed by atoms with Crippen LogP contribution in [-0.4, -0.2) is 29.9 Å². The van der Waals surface area contributed by atoms with Crippen molar-refractivity contribution < 1.29 is 23.5 Å². The molecule has 2 rings (SSSR count). The van der Waals surface area contributed by atoms with Gasteiger partial charge in [-0.05, 0) is 26.0 Å². The molecule has 124 valence electrons. The summed E-state index contributed by atoms with van der Waals surface area (Å²) < 4.78 is 10.4. The molecule has 6 heteroatoms. The lowest BCUT2D eigenvalue weighted by atomic mass is 9.89. The molecule has 0 spiro atoms. The fourth-order valence-corrected chi connectivity index (χ4v) is 3.49. The first-order valence-electron chi connectivity index (χ1n) is 7.73. The minimum absolute atomic E-state index is 0.0358. The molecular formula is C17H20O5S. The molecule has 0 saturated carbocycles. The van der Waals surface area contributed by atoms with Crippen molar-refractivity contribution in [3.8, 4) is 0 Å². The lowest BCUT2D eigenvalue weighted by molar-refractivity contribution is 0.0487. The molecule has 0 radical (unpaired) electrons. The van der Waals surface area contributed by atoms with E-state index in [9.17, 15) is 14.4 Å². The second-order valence-electron chi connectivity index (χ2n) is 5.13. The lowest BCUT2D eigenvalue weighted by Gasteiger charge is -2.17. The number of esters is 1. The van der Waals surface area contributed by atoms with Gasteiger partial charge in [-0.15, -0.1) is 11.8 Å². The van der Waals surface area contributed by atoms with E-state index in [-0.39, 0.29) is 35.3 Å². The van der Waals surface area contributed by atoms with Gasteiger partial charge in [0, 0.05) is 11.1 Å². The summed E-state index contributed by atoms with van der Waals surface area (Å²) in [6.07, 6.45) is 1.30. The smallest absolute Gasteiger partial charge is 0.374 e. The number of hydrogen-bond donors (Lipinski definition) is 0. The van der Waals surface area contributed by atoms with E-state index >= 15 is 0 Å². The summed E-state index contributed by atoms with van der Waals surface area (Å²) in [5.74, 6) is -0.589. The Labute approximate surface area is 139 Å². The van der Waals surface area contributed by atoms with E-state index < -0.39 is 5.97 Å². The van der Waals surface area contributed by atoms with Crippen LogP contribution in [0.1, 0.15) is 70.6 Å². The maximum Gasteiger partial charge on any atom is 0.374 e. The van der Waals surface area contributed by atoms with Gasteiger partial charge in [0.1, 0.15) is 0 Å². The first kappa shape index (κ1) is 17.5. The number of hydrogen-bond acceptors (Lipinski definition) is 6. The van der Waals surface area contributed by atoms with Crippen molar-refractivity contribution in [2.45, 2.75) is 40.5 Å². The van der Waals surface area contributed by atoms with Crippen molar-refractivity contribution in [2.75, 3.05) is 12.4 Å². The Kier molecular flexibility index (Phi) is 5.46. The lowest BCUT2D eigenvalue weighted by Crippen LogP contribution is -2.20. The first-order valence-corrected chi connectivity index (χ1v) is 8.72. The molecule has 23 heavy (non-hydrogen) atoms. The van der Waals surface area contributed by atoms with Crippen molar-refractivity contribution in [3.63, 3.8) is 0 Å². The molecule has 5 nitrogen and oxygen atoms in total. The van der Waals surface area contributed by atoms with E-state index in [0.29, 0.717) is 28.2 Å². The average Bonchev–Trinajstić information content (AvgIpc) is 2.86. The number of ether oxygens (including phenoxy) is 1. The normalized spacial score (nSPS) is 14.3. The van der Waals surface area contributed by atoms with E-state index in [1.54, 1.807) is 13.8 Å². The molecule has 1 aromatic rings. The number of allylic oxidation sites excluding steroid dienone is 2. The highest BCUT2D eigenvalue weighted by Gasteiger charge is 2.38. The van der Waals surface area contributed by atoms with Gasteiger partial charge in [0.2, 0.25) is 11.5 Å². The van der Waals surface area contributed by atoms with Gasteiger partial charge in [-0.2, -0.15) is 0 Å². The van der Waals surface area contributed by atoms with Crippen LogP contribution in [0.25, 0.3) is 0 Å². The average molecular weight is 336 g/mol. The third kappa shape index (κ3) is 3.00. The Bertz CT molecular complexity index is 696. The van der Waals surface area contributed by atoms with Gasteiger partial charge < -0.3 is 9.15 Å². The van der Waals surface area contributed by atoms with Crippen LogP contribution in [0.2, 0.25) is 0 Å². The monoisotopic (exact) mass is 336 g/mol. The predicted octanol–water partition coefficient (Wildman–Crippen LogP) is 3.95. The van der Waals surface area contributed by atoms with Gasteiger partial charge in [0.15, 0.2) is 11.5 Å².